The van der Waals surface area contributed by atoms with Crippen LogP contribution in [0.15, 0.2) is 90.1 Å². The Balaban J connectivity index is 1.32. The molecule has 2 N–H and O–H groups in total. The number of rotatable bonds is 10. The van der Waals surface area contributed by atoms with Crippen molar-refractivity contribution >= 4 is 16.8 Å². The Morgan fingerprint density at radius 3 is 2.71 bits per heavy atom. The summed E-state index contributed by atoms with van der Waals surface area (Å²) in [5.41, 5.74) is 4.60. The van der Waals surface area contributed by atoms with Crippen molar-refractivity contribution in [2.75, 3.05) is 7.11 Å². The van der Waals surface area contributed by atoms with E-state index >= 15 is 0 Å². The molecule has 8 nitrogen and oxygen atoms in total. The summed E-state index contributed by atoms with van der Waals surface area (Å²) in [5.74, 6) is 0.555. The number of aromatic nitrogens is 4. The van der Waals surface area contributed by atoms with Crippen LogP contribution in [0.4, 0.5) is 0 Å². The molecule has 0 bridgehead atoms. The number of carbonyl (C=O) groups excluding carboxylic acids is 1. The lowest BCUT2D eigenvalue weighted by molar-refractivity contribution is -0.121. The highest BCUT2D eigenvalue weighted by Gasteiger charge is 2.15. The third-order valence-electron chi connectivity index (χ3n) is 6.46. The number of aryl methyl sites for hydroxylation is 2. The van der Waals surface area contributed by atoms with Gasteiger partial charge in [0.25, 0.3) is 5.56 Å². The first kappa shape index (κ1) is 25.0. The molecule has 0 fully saturated rings. The third-order valence-corrected chi connectivity index (χ3v) is 6.46. The highest BCUT2D eigenvalue weighted by atomic mass is 16.5. The molecule has 0 saturated carbocycles. The highest BCUT2D eigenvalue weighted by molar-refractivity contribution is 5.80. The summed E-state index contributed by atoms with van der Waals surface area (Å²) in [7, 11) is 1.65. The van der Waals surface area contributed by atoms with Gasteiger partial charge in [-0.05, 0) is 54.7 Å². The first-order valence-electron chi connectivity index (χ1n) is 12.6. The van der Waals surface area contributed by atoms with Gasteiger partial charge in [0.15, 0.2) is 0 Å². The zero-order chi connectivity index (χ0) is 26.3. The minimum absolute atomic E-state index is 0.101. The maximum absolute atomic E-state index is 13.5. The summed E-state index contributed by atoms with van der Waals surface area (Å²) in [6, 6.07) is 21.3. The van der Waals surface area contributed by atoms with Gasteiger partial charge in [0.2, 0.25) is 5.91 Å². The van der Waals surface area contributed by atoms with E-state index in [0.29, 0.717) is 24.4 Å². The van der Waals surface area contributed by atoms with Crippen LogP contribution >= 0.6 is 0 Å². The van der Waals surface area contributed by atoms with Crippen molar-refractivity contribution in [1.82, 2.24) is 24.8 Å². The minimum Gasteiger partial charge on any atom is -0.497 e. The summed E-state index contributed by atoms with van der Waals surface area (Å²) in [6.07, 6.45) is 7.23. The van der Waals surface area contributed by atoms with E-state index in [1.807, 2.05) is 66.7 Å². The molecule has 0 spiro atoms. The molecule has 0 aliphatic heterocycles. The van der Waals surface area contributed by atoms with Crippen LogP contribution < -0.4 is 15.6 Å². The molecule has 0 aliphatic rings. The number of ether oxygens (including phenoxy) is 1. The van der Waals surface area contributed by atoms with Gasteiger partial charge in [-0.25, -0.2) is 0 Å². The number of hydrogen-bond donors (Lipinski definition) is 2. The predicted octanol–water partition coefficient (Wildman–Crippen LogP) is 4.29. The number of nitrogens with one attached hydrogen (secondary N) is 2. The van der Waals surface area contributed by atoms with E-state index in [9.17, 15) is 9.59 Å². The van der Waals surface area contributed by atoms with E-state index in [4.69, 9.17) is 4.74 Å². The molecule has 3 heterocycles. The smallest absolute Gasteiger partial charge is 0.273 e. The van der Waals surface area contributed by atoms with Crippen LogP contribution in [0.1, 0.15) is 23.4 Å². The predicted molar refractivity (Wildman–Crippen MR) is 147 cm³/mol. The van der Waals surface area contributed by atoms with Crippen molar-refractivity contribution in [1.29, 1.82) is 0 Å². The topological polar surface area (TPSA) is 102 Å². The second-order valence-corrected chi connectivity index (χ2v) is 9.09. The Hall–Kier alpha value is -4.72. The van der Waals surface area contributed by atoms with Gasteiger partial charge in [-0.15, -0.1) is 0 Å². The van der Waals surface area contributed by atoms with Crippen molar-refractivity contribution in [2.24, 2.45) is 0 Å². The highest BCUT2D eigenvalue weighted by Crippen LogP contribution is 2.18. The van der Waals surface area contributed by atoms with Crippen LogP contribution in [-0.2, 0) is 30.7 Å². The van der Waals surface area contributed by atoms with Crippen LogP contribution in [0, 0.1) is 0 Å². The molecule has 192 valence electrons. The molecule has 5 rings (SSSR count). The lowest BCUT2D eigenvalue weighted by Crippen LogP contribution is -2.34. The van der Waals surface area contributed by atoms with E-state index in [0.717, 1.165) is 46.3 Å². The number of pyridine rings is 1. The zero-order valence-corrected chi connectivity index (χ0v) is 21.2. The summed E-state index contributed by atoms with van der Waals surface area (Å²) in [5, 5.41) is 3.91. The summed E-state index contributed by atoms with van der Waals surface area (Å²) >= 11 is 0. The van der Waals surface area contributed by atoms with Gasteiger partial charge in [-0.3, -0.25) is 24.1 Å². The molecule has 2 aromatic carbocycles. The molecule has 0 radical (unpaired) electrons. The van der Waals surface area contributed by atoms with Gasteiger partial charge in [0.1, 0.15) is 18.0 Å². The van der Waals surface area contributed by atoms with Gasteiger partial charge >= 0.3 is 0 Å². The molecule has 0 saturated heterocycles. The van der Waals surface area contributed by atoms with Gasteiger partial charge in [0, 0.05) is 29.0 Å². The second-order valence-electron chi connectivity index (χ2n) is 9.09. The largest absolute Gasteiger partial charge is 0.497 e. The Labute approximate surface area is 220 Å². The molecule has 0 aliphatic carbocycles. The number of benzene rings is 2. The Kier molecular flexibility index (Phi) is 7.59. The van der Waals surface area contributed by atoms with E-state index in [1.165, 1.54) is 4.57 Å². The first-order valence-corrected chi connectivity index (χ1v) is 12.6. The number of fused-ring (bicyclic) bond motifs is 1. The maximum Gasteiger partial charge on any atom is 0.273 e. The number of carbonyl (C=O) groups is 1. The lowest BCUT2D eigenvalue weighted by Gasteiger charge is -2.14. The van der Waals surface area contributed by atoms with Crippen molar-refractivity contribution in [3.8, 4) is 17.0 Å². The van der Waals surface area contributed by atoms with Crippen LogP contribution in [0.2, 0.25) is 0 Å². The van der Waals surface area contributed by atoms with Crippen molar-refractivity contribution < 1.29 is 9.53 Å². The summed E-state index contributed by atoms with van der Waals surface area (Å²) in [4.78, 5) is 38.4. The lowest BCUT2D eigenvalue weighted by atomic mass is 10.1. The van der Waals surface area contributed by atoms with Crippen LogP contribution in [0.5, 0.6) is 5.75 Å². The van der Waals surface area contributed by atoms with Crippen molar-refractivity contribution in [2.45, 2.75) is 32.4 Å². The number of amides is 1. The fourth-order valence-corrected chi connectivity index (χ4v) is 4.51. The van der Waals surface area contributed by atoms with E-state index in [-0.39, 0.29) is 18.0 Å². The van der Waals surface area contributed by atoms with Crippen LogP contribution in [0.25, 0.3) is 22.2 Å². The minimum atomic E-state index is -0.255. The number of nitrogens with zero attached hydrogens (tertiary/aromatic N) is 3. The monoisotopic (exact) mass is 507 g/mol. The van der Waals surface area contributed by atoms with E-state index in [2.05, 4.69) is 20.3 Å². The molecule has 0 atom stereocenters. The number of aromatic amines is 1. The number of hydrogen-bond acceptors (Lipinski definition) is 5. The molecule has 3 aromatic heterocycles. The Morgan fingerprint density at radius 1 is 1.03 bits per heavy atom. The average Bonchev–Trinajstić information content (AvgIpc) is 3.38. The van der Waals surface area contributed by atoms with Gasteiger partial charge < -0.3 is 15.0 Å². The molecule has 8 heteroatoms. The van der Waals surface area contributed by atoms with Gasteiger partial charge in [0.05, 0.1) is 25.5 Å². The summed E-state index contributed by atoms with van der Waals surface area (Å²) in [6.45, 7) is 0.220. The summed E-state index contributed by atoms with van der Waals surface area (Å²) < 4.78 is 6.82. The normalized spacial score (nSPS) is 11.0. The fourth-order valence-electron chi connectivity index (χ4n) is 4.51. The van der Waals surface area contributed by atoms with Crippen molar-refractivity contribution in [3.63, 3.8) is 0 Å². The fraction of sp³-hybridized carbons (Fsp3) is 0.200. The van der Waals surface area contributed by atoms with Crippen molar-refractivity contribution in [3.05, 3.63) is 113 Å². The quantitative estimate of drug-likeness (QED) is 0.294. The van der Waals surface area contributed by atoms with Gasteiger partial charge in [-0.1, -0.05) is 42.5 Å². The van der Waals surface area contributed by atoms with Crippen LogP contribution in [0.3, 0.4) is 0 Å². The van der Waals surface area contributed by atoms with Crippen LogP contribution in [-0.4, -0.2) is 32.5 Å². The van der Waals surface area contributed by atoms with Gasteiger partial charge in [-0.2, -0.15) is 0 Å². The third kappa shape index (κ3) is 5.81. The number of methoxy groups -OCH3 is 1. The maximum atomic E-state index is 13.5. The Morgan fingerprint density at radius 2 is 1.89 bits per heavy atom. The SMILES string of the molecule is COc1cccc(CCCc2ncc(-c3ccccc3)n(CC(=O)NCc3cc4cnccc4[nH]3)c2=O)c1. The van der Waals surface area contributed by atoms with E-state index < -0.39 is 0 Å². The average molecular weight is 508 g/mol. The Bertz CT molecular complexity index is 1570. The second kappa shape index (κ2) is 11.6. The molecular weight excluding hydrogens is 478 g/mol. The molecule has 1 amide bonds. The zero-order valence-electron chi connectivity index (χ0n) is 21.2. The first-order chi connectivity index (χ1) is 18.6. The standard InChI is InChI=1S/C30H29N5O3/c1-38-25-11-5-7-21(15-25)8-6-12-27-30(37)35(28(19-32-27)22-9-3-2-4-10-22)20-29(36)33-18-24-16-23-17-31-14-13-26(23)34-24/h2-5,7,9-11,13-17,19,34H,6,8,12,18,20H2,1H3,(H,33,36). The molecular formula is C30H29N5O3. The molecule has 0 unspecified atom stereocenters. The van der Waals surface area contributed by atoms with E-state index in [1.54, 1.807) is 25.7 Å². The molecule has 38 heavy (non-hydrogen) atoms. The number of H-pyrrole nitrogens is 1. The molecule has 5 aromatic rings.